The van der Waals surface area contributed by atoms with Gasteiger partial charge in [-0.05, 0) is 24.8 Å². The normalized spacial score (nSPS) is 13.8. The van der Waals surface area contributed by atoms with Crippen LogP contribution in [0.1, 0.15) is 11.1 Å². The summed E-state index contributed by atoms with van der Waals surface area (Å²) in [4.78, 5) is 0. The minimum atomic E-state index is -1.07. The van der Waals surface area contributed by atoms with Crippen molar-refractivity contribution in [2.24, 2.45) is 5.92 Å². The minimum Gasteiger partial charge on any atom is -0.396 e. The maximum Gasteiger partial charge on any atom is 0.0459 e. The molecule has 1 unspecified atom stereocenters. The zero-order valence-electron chi connectivity index (χ0n) is 11.0. The van der Waals surface area contributed by atoms with Crippen LogP contribution < -0.4 is 0 Å². The van der Waals surface area contributed by atoms with E-state index in [1.165, 1.54) is 17.2 Å². The Labute approximate surface area is 101 Å². The number of hydrogen-bond acceptors (Lipinski definition) is 1. The second-order valence-electron chi connectivity index (χ2n) is 6.00. The maximum atomic E-state index is 9.43. The predicted molar refractivity (Wildman–Crippen MR) is 73.6 cm³/mol. The molecule has 0 heterocycles. The Morgan fingerprint density at radius 1 is 1.12 bits per heavy atom. The van der Waals surface area contributed by atoms with Crippen LogP contribution in [-0.4, -0.2) is 19.8 Å². The predicted octanol–water partition coefficient (Wildman–Crippen LogP) is 3.48. The molecule has 1 aromatic carbocycles. The third kappa shape index (κ3) is 4.95. The third-order valence-electron chi connectivity index (χ3n) is 2.80. The van der Waals surface area contributed by atoms with Crippen molar-refractivity contribution in [2.75, 3.05) is 6.61 Å². The lowest BCUT2D eigenvalue weighted by Gasteiger charge is -2.23. The standard InChI is InChI=1S/C14H24OSi/c1-12-5-7-13(8-6-12)9-14(10-15)11-16(2,3)4/h5-8,14-15H,9-11H2,1-4H3. The summed E-state index contributed by atoms with van der Waals surface area (Å²) in [6, 6.07) is 9.87. The van der Waals surface area contributed by atoms with Gasteiger partial charge in [0.05, 0.1) is 0 Å². The Morgan fingerprint density at radius 3 is 2.12 bits per heavy atom. The first-order valence-electron chi connectivity index (χ1n) is 6.07. The Kier molecular flexibility index (Phi) is 4.75. The van der Waals surface area contributed by atoms with Crippen molar-refractivity contribution < 1.29 is 5.11 Å². The zero-order chi connectivity index (χ0) is 12.2. The van der Waals surface area contributed by atoms with Gasteiger partial charge in [-0.3, -0.25) is 0 Å². The number of rotatable bonds is 5. The molecule has 1 nitrogen and oxygen atoms in total. The van der Waals surface area contributed by atoms with Crippen LogP contribution in [0.5, 0.6) is 0 Å². The van der Waals surface area contributed by atoms with Gasteiger partial charge < -0.3 is 5.11 Å². The smallest absolute Gasteiger partial charge is 0.0459 e. The summed E-state index contributed by atoms with van der Waals surface area (Å²) in [5.41, 5.74) is 2.65. The molecule has 0 aliphatic carbocycles. The van der Waals surface area contributed by atoms with E-state index >= 15 is 0 Å². The van der Waals surface area contributed by atoms with Crippen LogP contribution in [0.15, 0.2) is 24.3 Å². The molecule has 0 saturated heterocycles. The van der Waals surface area contributed by atoms with Gasteiger partial charge in [0.1, 0.15) is 0 Å². The van der Waals surface area contributed by atoms with Crippen LogP contribution in [0.3, 0.4) is 0 Å². The third-order valence-corrected chi connectivity index (χ3v) is 4.61. The monoisotopic (exact) mass is 236 g/mol. The van der Waals surface area contributed by atoms with Gasteiger partial charge in [0.25, 0.3) is 0 Å². The van der Waals surface area contributed by atoms with Gasteiger partial charge in [0.15, 0.2) is 0 Å². The van der Waals surface area contributed by atoms with Crippen LogP contribution in [0, 0.1) is 12.8 Å². The molecule has 1 atom stereocenters. The molecule has 0 aliphatic rings. The molecule has 0 amide bonds. The first-order valence-corrected chi connectivity index (χ1v) is 9.78. The number of benzene rings is 1. The minimum absolute atomic E-state index is 0.318. The molecular weight excluding hydrogens is 212 g/mol. The largest absolute Gasteiger partial charge is 0.396 e. The van der Waals surface area contributed by atoms with Crippen LogP contribution in [0.2, 0.25) is 25.7 Å². The Hall–Kier alpha value is -0.603. The lowest BCUT2D eigenvalue weighted by molar-refractivity contribution is 0.236. The molecule has 16 heavy (non-hydrogen) atoms. The molecule has 90 valence electrons. The summed E-state index contributed by atoms with van der Waals surface area (Å²) in [5.74, 6) is 0.439. The SMILES string of the molecule is Cc1ccc(CC(CO)C[Si](C)(C)C)cc1. The summed E-state index contributed by atoms with van der Waals surface area (Å²) in [7, 11) is -1.07. The van der Waals surface area contributed by atoms with Crippen molar-refractivity contribution >= 4 is 8.07 Å². The first kappa shape index (κ1) is 13.5. The molecule has 2 heteroatoms. The quantitative estimate of drug-likeness (QED) is 0.776. The highest BCUT2D eigenvalue weighted by Gasteiger charge is 2.20. The van der Waals surface area contributed by atoms with Gasteiger partial charge in [0, 0.05) is 14.7 Å². The van der Waals surface area contributed by atoms with Crippen molar-refractivity contribution in [1.29, 1.82) is 0 Å². The summed E-state index contributed by atoms with van der Waals surface area (Å²) < 4.78 is 0. The first-order chi connectivity index (χ1) is 7.40. The van der Waals surface area contributed by atoms with E-state index in [0.717, 1.165) is 6.42 Å². The van der Waals surface area contributed by atoms with E-state index in [-0.39, 0.29) is 0 Å². The van der Waals surface area contributed by atoms with Gasteiger partial charge in [-0.25, -0.2) is 0 Å². The summed E-state index contributed by atoms with van der Waals surface area (Å²) in [6.07, 6.45) is 1.01. The van der Waals surface area contributed by atoms with Gasteiger partial charge in [-0.1, -0.05) is 55.5 Å². The molecule has 0 bridgehead atoms. The molecule has 1 N–H and O–H groups in total. The fourth-order valence-corrected chi connectivity index (χ4v) is 4.13. The van der Waals surface area contributed by atoms with E-state index < -0.39 is 8.07 Å². The highest BCUT2D eigenvalue weighted by molar-refractivity contribution is 6.76. The van der Waals surface area contributed by atoms with E-state index in [9.17, 15) is 5.11 Å². The van der Waals surface area contributed by atoms with E-state index in [1.54, 1.807) is 0 Å². The van der Waals surface area contributed by atoms with Crippen LogP contribution in [0.25, 0.3) is 0 Å². The number of hydrogen-bond donors (Lipinski definition) is 1. The van der Waals surface area contributed by atoms with E-state index in [1.807, 2.05) is 0 Å². The van der Waals surface area contributed by atoms with Crippen LogP contribution in [0.4, 0.5) is 0 Å². The summed E-state index contributed by atoms with van der Waals surface area (Å²) in [6.45, 7) is 9.52. The van der Waals surface area contributed by atoms with Gasteiger partial charge in [-0.15, -0.1) is 0 Å². The molecule has 0 aromatic heterocycles. The van der Waals surface area contributed by atoms with E-state index in [2.05, 4.69) is 50.8 Å². The van der Waals surface area contributed by atoms with Crippen molar-refractivity contribution in [3.8, 4) is 0 Å². The fraction of sp³-hybridized carbons (Fsp3) is 0.571. The number of aliphatic hydroxyl groups excluding tert-OH is 1. The van der Waals surface area contributed by atoms with Gasteiger partial charge in [-0.2, -0.15) is 0 Å². The second-order valence-corrected chi connectivity index (χ2v) is 11.5. The number of aryl methyl sites for hydroxylation is 1. The topological polar surface area (TPSA) is 20.2 Å². The lowest BCUT2D eigenvalue weighted by atomic mass is 10.0. The van der Waals surface area contributed by atoms with Crippen LogP contribution >= 0.6 is 0 Å². The molecular formula is C14H24OSi. The van der Waals surface area contributed by atoms with E-state index in [4.69, 9.17) is 0 Å². The lowest BCUT2D eigenvalue weighted by Crippen LogP contribution is -2.26. The molecule has 0 radical (unpaired) electrons. The van der Waals surface area contributed by atoms with Crippen molar-refractivity contribution in [3.63, 3.8) is 0 Å². The highest BCUT2D eigenvalue weighted by atomic mass is 28.3. The molecule has 0 saturated carbocycles. The Morgan fingerprint density at radius 2 is 1.69 bits per heavy atom. The maximum absolute atomic E-state index is 9.43. The van der Waals surface area contributed by atoms with Crippen molar-refractivity contribution in [1.82, 2.24) is 0 Å². The van der Waals surface area contributed by atoms with Crippen molar-refractivity contribution in [2.45, 2.75) is 39.0 Å². The second kappa shape index (κ2) is 5.64. The number of aliphatic hydroxyl groups is 1. The molecule has 1 aromatic rings. The summed E-state index contributed by atoms with van der Waals surface area (Å²) in [5, 5.41) is 9.43. The van der Waals surface area contributed by atoms with E-state index in [0.29, 0.717) is 12.5 Å². The Balaban J connectivity index is 2.60. The average molecular weight is 236 g/mol. The van der Waals surface area contributed by atoms with Crippen molar-refractivity contribution in [3.05, 3.63) is 35.4 Å². The van der Waals surface area contributed by atoms with Gasteiger partial charge >= 0.3 is 0 Å². The highest BCUT2D eigenvalue weighted by Crippen LogP contribution is 2.20. The fourth-order valence-electron chi connectivity index (χ4n) is 2.12. The van der Waals surface area contributed by atoms with Crippen LogP contribution in [-0.2, 0) is 6.42 Å². The Bertz CT molecular complexity index is 311. The molecule has 1 rings (SSSR count). The molecule has 0 fully saturated rings. The average Bonchev–Trinajstić information content (AvgIpc) is 2.18. The van der Waals surface area contributed by atoms with Gasteiger partial charge in [0.2, 0.25) is 0 Å². The molecule has 0 aliphatic heterocycles. The molecule has 0 spiro atoms. The zero-order valence-corrected chi connectivity index (χ0v) is 12.0. The summed E-state index contributed by atoms with van der Waals surface area (Å²) >= 11 is 0.